The zero-order chi connectivity index (χ0) is 24.0. The number of aromatic nitrogens is 1. The number of carbonyl (C=O) groups excluding carboxylic acids is 1. The van der Waals surface area contributed by atoms with Crippen LogP contribution in [0.3, 0.4) is 0 Å². The molecule has 2 heterocycles. The van der Waals surface area contributed by atoms with Gasteiger partial charge < -0.3 is 15.0 Å². The Balaban J connectivity index is 1.71. The zero-order valence-electron chi connectivity index (χ0n) is 19.1. The summed E-state index contributed by atoms with van der Waals surface area (Å²) in [5.74, 6) is 0.0238. The number of nitrogens with two attached hydrogens (primary N) is 1. The third-order valence-electron chi connectivity index (χ3n) is 6.68. The van der Waals surface area contributed by atoms with Crippen molar-refractivity contribution in [3.05, 3.63) is 94.2 Å². The fourth-order valence-electron chi connectivity index (χ4n) is 5.18. The van der Waals surface area contributed by atoms with E-state index in [1.54, 1.807) is 6.07 Å². The lowest BCUT2D eigenvalue weighted by atomic mass is 9.70. The summed E-state index contributed by atoms with van der Waals surface area (Å²) in [5.41, 5.74) is 10.1. The summed E-state index contributed by atoms with van der Waals surface area (Å²) in [6.07, 6.45) is 2.95. The van der Waals surface area contributed by atoms with Crippen molar-refractivity contribution in [2.24, 2.45) is 11.1 Å². The lowest BCUT2D eigenvalue weighted by Gasteiger charge is -2.37. The van der Waals surface area contributed by atoms with Gasteiger partial charge in [-0.05, 0) is 28.7 Å². The van der Waals surface area contributed by atoms with Crippen molar-refractivity contribution in [2.45, 2.75) is 39.2 Å². The van der Waals surface area contributed by atoms with E-state index in [0.717, 1.165) is 22.0 Å². The molecule has 0 bridgehead atoms. The number of carbonyl (C=O) groups is 1. The average Bonchev–Trinajstić information content (AvgIpc) is 3.16. The van der Waals surface area contributed by atoms with Crippen LogP contribution in [0, 0.1) is 28.1 Å². The molecule has 0 saturated carbocycles. The van der Waals surface area contributed by atoms with Crippen molar-refractivity contribution in [3.8, 4) is 12.1 Å². The first kappa shape index (κ1) is 21.6. The standard InChI is InChI=1S/C28H24N4O2/c1-28(2)11-23(33)26-24(12-28)34-27(31)20(14-30)25(26)21-16-32(22-10-6-5-9-19(21)22)15-18-8-4-3-7-17(18)13-29/h3-10,16,25H,11-12,15,31H2,1-2H3. The Labute approximate surface area is 198 Å². The number of fused-ring (bicyclic) bond motifs is 1. The number of hydrogen-bond acceptors (Lipinski definition) is 5. The predicted octanol–water partition coefficient (Wildman–Crippen LogP) is 5.01. The van der Waals surface area contributed by atoms with Gasteiger partial charge >= 0.3 is 0 Å². The topological polar surface area (TPSA) is 105 Å². The van der Waals surface area contributed by atoms with E-state index < -0.39 is 5.92 Å². The maximum atomic E-state index is 13.4. The molecule has 1 aliphatic heterocycles. The van der Waals surface area contributed by atoms with Gasteiger partial charge in [0.05, 0.1) is 17.6 Å². The van der Waals surface area contributed by atoms with Crippen LogP contribution in [-0.4, -0.2) is 10.4 Å². The number of Topliss-reactive ketones (excluding diaryl/α,β-unsaturated/α-hetero) is 1. The lowest BCUT2D eigenvalue weighted by Crippen LogP contribution is -2.33. The normalized spacial score (nSPS) is 19.4. The first-order valence-electron chi connectivity index (χ1n) is 11.2. The molecule has 2 N–H and O–H groups in total. The highest BCUT2D eigenvalue weighted by Crippen LogP contribution is 2.49. The van der Waals surface area contributed by atoms with Crippen molar-refractivity contribution < 1.29 is 9.53 Å². The summed E-state index contributed by atoms with van der Waals surface area (Å²) in [5, 5.41) is 20.5. The molecular formula is C28H24N4O2. The number of ether oxygens (including phenoxy) is 1. The van der Waals surface area contributed by atoms with Crippen LogP contribution in [0.5, 0.6) is 0 Å². The maximum absolute atomic E-state index is 13.4. The van der Waals surface area contributed by atoms with E-state index in [1.165, 1.54) is 0 Å². The van der Waals surface area contributed by atoms with Crippen molar-refractivity contribution in [1.82, 2.24) is 4.57 Å². The fraction of sp³-hybridized carbons (Fsp3) is 0.250. The van der Waals surface area contributed by atoms with Crippen LogP contribution in [0.1, 0.15) is 49.3 Å². The minimum absolute atomic E-state index is 0.0110. The predicted molar refractivity (Wildman–Crippen MR) is 128 cm³/mol. The lowest BCUT2D eigenvalue weighted by molar-refractivity contribution is -0.119. The number of para-hydroxylation sites is 1. The van der Waals surface area contributed by atoms with Crippen molar-refractivity contribution in [3.63, 3.8) is 0 Å². The summed E-state index contributed by atoms with van der Waals surface area (Å²) < 4.78 is 7.92. The number of rotatable bonds is 3. The molecule has 34 heavy (non-hydrogen) atoms. The number of allylic oxidation sites excluding steroid dienone is 3. The molecule has 6 nitrogen and oxygen atoms in total. The molecule has 0 radical (unpaired) electrons. The molecule has 0 fully saturated rings. The van der Waals surface area contributed by atoms with Gasteiger partial charge in [-0.3, -0.25) is 4.79 Å². The molecule has 1 unspecified atom stereocenters. The molecule has 168 valence electrons. The van der Waals surface area contributed by atoms with Gasteiger partial charge in [0.25, 0.3) is 0 Å². The largest absolute Gasteiger partial charge is 0.444 e. The van der Waals surface area contributed by atoms with E-state index in [9.17, 15) is 15.3 Å². The van der Waals surface area contributed by atoms with E-state index in [0.29, 0.717) is 36.3 Å². The van der Waals surface area contributed by atoms with E-state index >= 15 is 0 Å². The van der Waals surface area contributed by atoms with Crippen LogP contribution in [0.15, 0.2) is 77.5 Å². The Morgan fingerprint density at radius 3 is 2.59 bits per heavy atom. The summed E-state index contributed by atoms with van der Waals surface area (Å²) in [4.78, 5) is 13.4. The van der Waals surface area contributed by atoms with Crippen molar-refractivity contribution in [2.75, 3.05) is 0 Å². The number of hydrogen-bond donors (Lipinski definition) is 1. The molecule has 2 aliphatic rings. The van der Waals surface area contributed by atoms with Crippen LogP contribution in [0.25, 0.3) is 10.9 Å². The molecule has 0 saturated heterocycles. The molecule has 3 aromatic rings. The Morgan fingerprint density at radius 1 is 1.09 bits per heavy atom. The highest BCUT2D eigenvalue weighted by Gasteiger charge is 2.43. The minimum Gasteiger partial charge on any atom is -0.444 e. The number of ketones is 1. The van der Waals surface area contributed by atoms with Crippen LogP contribution >= 0.6 is 0 Å². The zero-order valence-corrected chi connectivity index (χ0v) is 19.1. The van der Waals surface area contributed by atoms with E-state index in [-0.39, 0.29) is 22.7 Å². The van der Waals surface area contributed by atoms with Gasteiger partial charge in [0.2, 0.25) is 5.88 Å². The summed E-state index contributed by atoms with van der Waals surface area (Å²) in [7, 11) is 0. The van der Waals surface area contributed by atoms with Crippen LogP contribution < -0.4 is 5.73 Å². The van der Waals surface area contributed by atoms with Crippen molar-refractivity contribution in [1.29, 1.82) is 10.5 Å². The van der Waals surface area contributed by atoms with Crippen LogP contribution in [-0.2, 0) is 16.1 Å². The molecule has 6 heteroatoms. The third-order valence-corrected chi connectivity index (χ3v) is 6.68. The Morgan fingerprint density at radius 2 is 1.82 bits per heavy atom. The molecule has 2 aromatic carbocycles. The van der Waals surface area contributed by atoms with Gasteiger partial charge in [-0.15, -0.1) is 0 Å². The molecule has 0 spiro atoms. The highest BCUT2D eigenvalue weighted by atomic mass is 16.5. The van der Waals surface area contributed by atoms with Gasteiger partial charge in [-0.25, -0.2) is 0 Å². The van der Waals surface area contributed by atoms with Gasteiger partial charge in [0.1, 0.15) is 17.4 Å². The third kappa shape index (κ3) is 3.45. The van der Waals surface area contributed by atoms with Crippen LogP contribution in [0.2, 0.25) is 0 Å². The van der Waals surface area contributed by atoms with E-state index in [4.69, 9.17) is 10.5 Å². The SMILES string of the molecule is CC1(C)CC(=O)C2=C(C1)OC(N)=C(C#N)C2c1cn(Cc2ccccc2C#N)c2ccccc12. The monoisotopic (exact) mass is 448 g/mol. The van der Waals surface area contributed by atoms with E-state index in [2.05, 4.69) is 16.7 Å². The minimum atomic E-state index is -0.588. The van der Waals surface area contributed by atoms with Crippen LogP contribution in [0.4, 0.5) is 0 Å². The maximum Gasteiger partial charge on any atom is 0.205 e. The smallest absolute Gasteiger partial charge is 0.205 e. The average molecular weight is 449 g/mol. The molecule has 1 atom stereocenters. The molecule has 1 aliphatic carbocycles. The van der Waals surface area contributed by atoms with Gasteiger partial charge in [-0.2, -0.15) is 10.5 Å². The molecule has 5 rings (SSSR count). The summed E-state index contributed by atoms with van der Waals surface area (Å²) >= 11 is 0. The van der Waals surface area contributed by atoms with Crippen molar-refractivity contribution >= 4 is 16.7 Å². The van der Waals surface area contributed by atoms with E-state index in [1.807, 2.05) is 62.5 Å². The number of nitriles is 2. The second kappa shape index (κ2) is 7.93. The second-order valence-corrected chi connectivity index (χ2v) is 9.70. The number of nitrogens with zero attached hydrogens (tertiary/aromatic N) is 3. The van der Waals surface area contributed by atoms with Gasteiger partial charge in [-0.1, -0.05) is 50.2 Å². The molecule has 0 amide bonds. The molecule has 1 aromatic heterocycles. The second-order valence-electron chi connectivity index (χ2n) is 9.70. The molecular weight excluding hydrogens is 424 g/mol. The Hall–Kier alpha value is -4.29. The Bertz CT molecular complexity index is 1490. The highest BCUT2D eigenvalue weighted by molar-refractivity contribution is 6.01. The van der Waals surface area contributed by atoms with Gasteiger partial charge in [0.15, 0.2) is 5.78 Å². The Kier molecular flexibility index (Phi) is 5.03. The first-order chi connectivity index (χ1) is 16.3. The number of benzene rings is 2. The summed E-state index contributed by atoms with van der Waals surface area (Å²) in [6.45, 7) is 4.55. The summed E-state index contributed by atoms with van der Waals surface area (Å²) in [6, 6.07) is 19.9. The first-order valence-corrected chi connectivity index (χ1v) is 11.2. The quantitative estimate of drug-likeness (QED) is 0.606. The van der Waals surface area contributed by atoms with Gasteiger partial charge in [0, 0.05) is 42.1 Å². The fourth-order valence-corrected chi connectivity index (χ4v) is 5.18.